The van der Waals surface area contributed by atoms with Crippen molar-refractivity contribution in [3.63, 3.8) is 0 Å². The molecule has 122 valence electrons. The number of hydrogen-bond donors (Lipinski definition) is 0. The number of nitriles is 1. The smallest absolute Gasteiger partial charge is 0.133 e. The van der Waals surface area contributed by atoms with E-state index in [0.29, 0.717) is 11.8 Å². The average molecular weight is 320 g/mol. The molecule has 1 unspecified atom stereocenters. The topological polar surface area (TPSA) is 33.0 Å². The summed E-state index contributed by atoms with van der Waals surface area (Å²) in [4.78, 5) is 0. The van der Waals surface area contributed by atoms with Crippen LogP contribution in [-0.2, 0) is 11.8 Å². The predicted octanol–water partition coefficient (Wildman–Crippen LogP) is 5.41. The lowest BCUT2D eigenvalue weighted by atomic mass is 9.84. The number of hydrogen-bond acceptors (Lipinski definition) is 3. The van der Waals surface area contributed by atoms with Crippen molar-refractivity contribution in [2.75, 3.05) is 12.4 Å². The van der Waals surface area contributed by atoms with Crippen molar-refractivity contribution in [2.24, 2.45) is 11.8 Å². The van der Waals surface area contributed by atoms with Crippen LogP contribution in [0, 0.1) is 22.5 Å². The van der Waals surface area contributed by atoms with Gasteiger partial charge in [-0.25, -0.2) is 0 Å². The van der Waals surface area contributed by atoms with Crippen molar-refractivity contribution in [3.05, 3.63) is 29.3 Å². The highest BCUT2D eigenvalue weighted by Gasteiger charge is 2.20. The molecule has 0 heterocycles. The Labute approximate surface area is 140 Å². The van der Waals surface area contributed by atoms with Crippen LogP contribution in [0.4, 0.5) is 0 Å². The standard InChI is InChI=1S/C19H29NOS/c1-14(2)11-21-18-8-7-16(9-15(3)12-22-13-20)10-17(18)19(4,5)6/h7-8,10,14-15H,9,11-12H2,1-6H3. The minimum absolute atomic E-state index is 0.0625. The maximum Gasteiger partial charge on any atom is 0.133 e. The van der Waals surface area contributed by atoms with Crippen LogP contribution in [0.25, 0.3) is 0 Å². The summed E-state index contributed by atoms with van der Waals surface area (Å²) in [6.07, 6.45) is 1.00. The van der Waals surface area contributed by atoms with Gasteiger partial charge in [0.05, 0.1) is 6.61 Å². The second-order valence-electron chi connectivity index (χ2n) is 7.50. The first-order chi connectivity index (χ1) is 10.2. The van der Waals surface area contributed by atoms with E-state index in [9.17, 15) is 0 Å². The molecular weight excluding hydrogens is 290 g/mol. The molecule has 0 bridgehead atoms. The quantitative estimate of drug-likeness (QED) is 0.630. The fraction of sp³-hybridized carbons (Fsp3) is 0.632. The van der Waals surface area contributed by atoms with Crippen molar-refractivity contribution in [3.8, 4) is 11.2 Å². The molecule has 1 atom stereocenters. The second kappa shape index (κ2) is 8.48. The van der Waals surface area contributed by atoms with Crippen molar-refractivity contribution in [1.82, 2.24) is 0 Å². The molecule has 0 radical (unpaired) electrons. The van der Waals surface area contributed by atoms with Gasteiger partial charge >= 0.3 is 0 Å². The van der Waals surface area contributed by atoms with Crippen LogP contribution in [0.2, 0.25) is 0 Å². The molecule has 1 aromatic carbocycles. The zero-order chi connectivity index (χ0) is 16.8. The summed E-state index contributed by atoms with van der Waals surface area (Å²) in [5.74, 6) is 2.91. The van der Waals surface area contributed by atoms with E-state index in [-0.39, 0.29) is 5.41 Å². The van der Waals surface area contributed by atoms with Crippen LogP contribution in [-0.4, -0.2) is 12.4 Å². The molecule has 0 aliphatic heterocycles. The first-order valence-corrected chi connectivity index (χ1v) is 8.99. The Kier molecular flexibility index (Phi) is 7.29. The van der Waals surface area contributed by atoms with Crippen LogP contribution in [0.3, 0.4) is 0 Å². The van der Waals surface area contributed by atoms with Crippen molar-refractivity contribution in [1.29, 1.82) is 5.26 Å². The van der Waals surface area contributed by atoms with Gasteiger partial charge in [0.25, 0.3) is 0 Å². The molecule has 0 spiro atoms. The highest BCUT2D eigenvalue weighted by Crippen LogP contribution is 2.33. The summed E-state index contributed by atoms with van der Waals surface area (Å²) >= 11 is 1.34. The van der Waals surface area contributed by atoms with Gasteiger partial charge in [-0.05, 0) is 52.6 Å². The molecule has 0 aromatic heterocycles. The van der Waals surface area contributed by atoms with Crippen molar-refractivity contribution < 1.29 is 4.74 Å². The second-order valence-corrected chi connectivity index (χ2v) is 8.30. The Morgan fingerprint density at radius 1 is 1.23 bits per heavy atom. The predicted molar refractivity (Wildman–Crippen MR) is 96.4 cm³/mol. The summed E-state index contributed by atoms with van der Waals surface area (Å²) < 4.78 is 6.00. The number of thiocyanates is 1. The highest BCUT2D eigenvalue weighted by molar-refractivity contribution is 8.03. The third-order valence-electron chi connectivity index (χ3n) is 3.44. The fourth-order valence-electron chi connectivity index (χ4n) is 2.31. The van der Waals surface area contributed by atoms with Gasteiger partial charge in [0.1, 0.15) is 11.2 Å². The Hall–Kier alpha value is -1.14. The zero-order valence-corrected chi connectivity index (χ0v) is 15.6. The van der Waals surface area contributed by atoms with Gasteiger partial charge in [-0.3, -0.25) is 0 Å². The molecule has 0 aliphatic carbocycles. The molecule has 1 aromatic rings. The number of thioether (sulfide) groups is 1. The van der Waals surface area contributed by atoms with E-state index in [0.717, 1.165) is 24.5 Å². The van der Waals surface area contributed by atoms with Gasteiger partial charge in [0, 0.05) is 5.75 Å². The van der Waals surface area contributed by atoms with Gasteiger partial charge < -0.3 is 4.74 Å². The lowest BCUT2D eigenvalue weighted by Gasteiger charge is -2.24. The van der Waals surface area contributed by atoms with E-state index < -0.39 is 0 Å². The minimum atomic E-state index is 0.0625. The molecule has 0 N–H and O–H groups in total. The molecule has 0 saturated heterocycles. The van der Waals surface area contributed by atoms with Crippen LogP contribution in [0.15, 0.2) is 18.2 Å². The number of nitrogens with zero attached hydrogens (tertiary/aromatic N) is 1. The summed E-state index contributed by atoms with van der Waals surface area (Å²) in [5.41, 5.74) is 2.66. The number of ether oxygens (including phenoxy) is 1. The third-order valence-corrected chi connectivity index (χ3v) is 4.31. The molecule has 1 rings (SSSR count). The number of benzene rings is 1. The van der Waals surface area contributed by atoms with Crippen LogP contribution in [0.5, 0.6) is 5.75 Å². The lowest BCUT2D eigenvalue weighted by Crippen LogP contribution is -2.16. The summed E-state index contributed by atoms with van der Waals surface area (Å²) in [6, 6.07) is 6.56. The van der Waals surface area contributed by atoms with Gasteiger partial charge in [-0.15, -0.1) is 0 Å². The summed E-state index contributed by atoms with van der Waals surface area (Å²) in [6.45, 7) is 14.0. The molecule has 0 fully saturated rings. The molecule has 3 heteroatoms. The van der Waals surface area contributed by atoms with Gasteiger partial charge in [-0.2, -0.15) is 5.26 Å². The minimum Gasteiger partial charge on any atom is -0.493 e. The van der Waals surface area contributed by atoms with Crippen LogP contribution < -0.4 is 4.74 Å². The van der Waals surface area contributed by atoms with E-state index in [2.05, 4.69) is 65.1 Å². The maximum atomic E-state index is 8.67. The lowest BCUT2D eigenvalue weighted by molar-refractivity contribution is 0.265. The maximum absolute atomic E-state index is 8.67. The molecule has 0 aliphatic rings. The Balaban J connectivity index is 2.92. The largest absolute Gasteiger partial charge is 0.493 e. The first-order valence-electron chi connectivity index (χ1n) is 8.01. The summed E-state index contributed by atoms with van der Waals surface area (Å²) in [7, 11) is 0. The van der Waals surface area contributed by atoms with E-state index in [4.69, 9.17) is 10.00 Å². The van der Waals surface area contributed by atoms with Gasteiger partial charge in [-0.1, -0.05) is 53.7 Å². The molecule has 0 amide bonds. The monoisotopic (exact) mass is 319 g/mol. The summed E-state index contributed by atoms with van der Waals surface area (Å²) in [5, 5.41) is 10.8. The molecule has 2 nitrogen and oxygen atoms in total. The van der Waals surface area contributed by atoms with Crippen molar-refractivity contribution in [2.45, 2.75) is 53.4 Å². The van der Waals surface area contributed by atoms with Crippen LogP contribution in [0.1, 0.15) is 52.7 Å². The SMILES string of the molecule is CC(C)COc1ccc(CC(C)CSC#N)cc1C(C)(C)C. The van der Waals surface area contributed by atoms with E-state index in [1.807, 2.05) is 0 Å². The molecule has 0 saturated carbocycles. The Morgan fingerprint density at radius 3 is 2.45 bits per heavy atom. The Morgan fingerprint density at radius 2 is 1.91 bits per heavy atom. The van der Waals surface area contributed by atoms with Gasteiger partial charge in [0.2, 0.25) is 0 Å². The fourth-order valence-corrected chi connectivity index (χ4v) is 2.79. The normalized spacial score (nSPS) is 13.0. The molecule has 22 heavy (non-hydrogen) atoms. The number of rotatable bonds is 7. The average Bonchev–Trinajstić information content (AvgIpc) is 2.42. The third kappa shape index (κ3) is 6.32. The van der Waals surface area contributed by atoms with Crippen LogP contribution >= 0.6 is 11.8 Å². The first kappa shape index (κ1) is 18.9. The highest BCUT2D eigenvalue weighted by atomic mass is 32.2. The van der Waals surface area contributed by atoms with E-state index >= 15 is 0 Å². The Bertz CT molecular complexity index is 511. The molecular formula is C19H29NOS. The van der Waals surface area contributed by atoms with E-state index in [1.165, 1.54) is 22.9 Å². The van der Waals surface area contributed by atoms with Crippen molar-refractivity contribution >= 4 is 11.8 Å². The van der Waals surface area contributed by atoms with Gasteiger partial charge in [0.15, 0.2) is 0 Å². The zero-order valence-electron chi connectivity index (χ0n) is 14.8. The van der Waals surface area contributed by atoms with E-state index in [1.54, 1.807) is 0 Å².